The molecule has 0 unspecified atom stereocenters. The van der Waals surface area contributed by atoms with E-state index >= 15 is 0 Å². The Morgan fingerprint density at radius 1 is 1.17 bits per heavy atom. The van der Waals surface area contributed by atoms with Crippen LogP contribution in [-0.4, -0.2) is 31.8 Å². The molecular formula is C15H24N2O. The molecule has 0 spiro atoms. The number of aryl methyl sites for hydroxylation is 1. The van der Waals surface area contributed by atoms with Crippen molar-refractivity contribution >= 4 is 5.69 Å². The molecule has 1 N–H and O–H groups in total. The van der Waals surface area contributed by atoms with Crippen molar-refractivity contribution in [2.24, 2.45) is 0 Å². The summed E-state index contributed by atoms with van der Waals surface area (Å²) >= 11 is 0. The van der Waals surface area contributed by atoms with E-state index in [1.165, 1.54) is 11.3 Å². The van der Waals surface area contributed by atoms with Gasteiger partial charge >= 0.3 is 0 Å². The second-order valence-electron chi connectivity index (χ2n) is 5.90. The maximum Gasteiger partial charge on any atom is 0.120 e. The smallest absolute Gasteiger partial charge is 0.120 e. The van der Waals surface area contributed by atoms with Gasteiger partial charge in [-0.3, -0.25) is 0 Å². The number of ether oxygens (including phenoxy) is 1. The summed E-state index contributed by atoms with van der Waals surface area (Å²) in [4.78, 5) is 2.44. The van der Waals surface area contributed by atoms with E-state index in [0.29, 0.717) is 0 Å². The highest BCUT2D eigenvalue weighted by molar-refractivity contribution is 5.56. The van der Waals surface area contributed by atoms with E-state index in [2.05, 4.69) is 56.1 Å². The summed E-state index contributed by atoms with van der Waals surface area (Å²) in [5.41, 5.74) is 2.49. The van der Waals surface area contributed by atoms with Gasteiger partial charge in [0.05, 0.1) is 0 Å². The molecule has 1 aliphatic heterocycles. The molecule has 2 rings (SSSR count). The number of anilines is 1. The van der Waals surface area contributed by atoms with Crippen LogP contribution in [0.4, 0.5) is 5.69 Å². The number of rotatable bonds is 2. The van der Waals surface area contributed by atoms with Crippen molar-refractivity contribution < 1.29 is 4.74 Å². The van der Waals surface area contributed by atoms with Gasteiger partial charge in [0.2, 0.25) is 0 Å². The molecule has 1 saturated heterocycles. The first kappa shape index (κ1) is 13.2. The van der Waals surface area contributed by atoms with Crippen LogP contribution in [0.25, 0.3) is 0 Å². The molecule has 0 bridgehead atoms. The van der Waals surface area contributed by atoms with Gasteiger partial charge in [0.15, 0.2) is 0 Å². The quantitative estimate of drug-likeness (QED) is 0.870. The molecule has 0 radical (unpaired) electrons. The largest absolute Gasteiger partial charge is 0.488 e. The monoisotopic (exact) mass is 248 g/mol. The number of nitrogens with zero attached hydrogens (tertiary/aromatic N) is 1. The van der Waals surface area contributed by atoms with Gasteiger partial charge in [0.25, 0.3) is 0 Å². The van der Waals surface area contributed by atoms with Crippen LogP contribution < -0.4 is 15.0 Å². The summed E-state index contributed by atoms with van der Waals surface area (Å²) < 4.78 is 5.89. The van der Waals surface area contributed by atoms with E-state index in [-0.39, 0.29) is 5.60 Å². The van der Waals surface area contributed by atoms with Crippen LogP contribution in [0.15, 0.2) is 18.2 Å². The number of nitrogens with one attached hydrogen (secondary N) is 1. The third-order valence-corrected chi connectivity index (χ3v) is 3.05. The van der Waals surface area contributed by atoms with Gasteiger partial charge < -0.3 is 15.0 Å². The van der Waals surface area contributed by atoms with Gasteiger partial charge in [-0.05, 0) is 51.5 Å². The zero-order valence-corrected chi connectivity index (χ0v) is 11.9. The van der Waals surface area contributed by atoms with Gasteiger partial charge in [0, 0.05) is 31.9 Å². The summed E-state index contributed by atoms with van der Waals surface area (Å²) in [5.74, 6) is 0.957. The lowest BCUT2D eigenvalue weighted by atomic mass is 10.1. The van der Waals surface area contributed by atoms with Crippen molar-refractivity contribution in [1.29, 1.82) is 0 Å². The zero-order valence-electron chi connectivity index (χ0n) is 11.9. The Balaban J connectivity index is 2.14. The van der Waals surface area contributed by atoms with Gasteiger partial charge in [-0.25, -0.2) is 0 Å². The fourth-order valence-electron chi connectivity index (χ4n) is 2.31. The van der Waals surface area contributed by atoms with E-state index in [9.17, 15) is 0 Å². The molecule has 0 aliphatic carbocycles. The lowest BCUT2D eigenvalue weighted by molar-refractivity contribution is 0.131. The Bertz CT molecular complexity index is 403. The fraction of sp³-hybridized carbons (Fsp3) is 0.600. The van der Waals surface area contributed by atoms with Crippen molar-refractivity contribution in [3.05, 3.63) is 23.8 Å². The van der Waals surface area contributed by atoms with Crippen LogP contribution in [0.5, 0.6) is 5.75 Å². The van der Waals surface area contributed by atoms with Gasteiger partial charge in [-0.2, -0.15) is 0 Å². The first-order valence-corrected chi connectivity index (χ1v) is 6.71. The molecule has 1 aliphatic rings. The van der Waals surface area contributed by atoms with Crippen LogP contribution >= 0.6 is 0 Å². The molecule has 1 heterocycles. The van der Waals surface area contributed by atoms with Crippen molar-refractivity contribution in [3.63, 3.8) is 0 Å². The highest BCUT2D eigenvalue weighted by Gasteiger charge is 2.15. The summed E-state index contributed by atoms with van der Waals surface area (Å²) in [5, 5.41) is 3.38. The van der Waals surface area contributed by atoms with Gasteiger partial charge in [-0.15, -0.1) is 0 Å². The van der Waals surface area contributed by atoms with Crippen molar-refractivity contribution in [2.75, 3.05) is 31.1 Å². The maximum atomic E-state index is 5.89. The Hall–Kier alpha value is -1.22. The molecule has 1 aromatic rings. The third kappa shape index (κ3) is 3.39. The molecule has 0 aromatic heterocycles. The minimum atomic E-state index is -0.136. The van der Waals surface area contributed by atoms with E-state index in [0.717, 1.165) is 31.9 Å². The highest BCUT2D eigenvalue weighted by Crippen LogP contribution is 2.27. The van der Waals surface area contributed by atoms with Crippen molar-refractivity contribution in [1.82, 2.24) is 5.32 Å². The molecule has 18 heavy (non-hydrogen) atoms. The minimum Gasteiger partial charge on any atom is -0.488 e. The molecule has 1 aromatic carbocycles. The first-order chi connectivity index (χ1) is 8.46. The molecule has 3 heteroatoms. The van der Waals surface area contributed by atoms with E-state index in [1.807, 2.05) is 0 Å². The molecule has 0 amide bonds. The number of piperazine rings is 1. The standard InChI is InChI=1S/C15H24N2O/c1-12-11-13(18-15(2,3)4)5-6-14(12)17-9-7-16-8-10-17/h5-6,11,16H,7-10H2,1-4H3. The number of hydrogen-bond acceptors (Lipinski definition) is 3. The topological polar surface area (TPSA) is 24.5 Å². The van der Waals surface area contributed by atoms with Crippen molar-refractivity contribution in [3.8, 4) is 5.75 Å². The van der Waals surface area contributed by atoms with Crippen molar-refractivity contribution in [2.45, 2.75) is 33.3 Å². The predicted octanol–water partition coefficient (Wildman–Crippen LogP) is 2.58. The van der Waals surface area contributed by atoms with E-state index in [1.54, 1.807) is 0 Å². The van der Waals surface area contributed by atoms with Crippen LogP contribution in [0.2, 0.25) is 0 Å². The zero-order chi connectivity index (χ0) is 13.2. The van der Waals surface area contributed by atoms with Crippen LogP contribution in [0.1, 0.15) is 26.3 Å². The maximum absolute atomic E-state index is 5.89. The Kier molecular flexibility index (Phi) is 3.81. The Morgan fingerprint density at radius 2 is 1.83 bits per heavy atom. The lowest BCUT2D eigenvalue weighted by Crippen LogP contribution is -2.43. The lowest BCUT2D eigenvalue weighted by Gasteiger charge is -2.31. The van der Waals surface area contributed by atoms with Crippen LogP contribution in [0.3, 0.4) is 0 Å². The second kappa shape index (κ2) is 5.19. The van der Waals surface area contributed by atoms with Gasteiger partial charge in [-0.1, -0.05) is 0 Å². The molecule has 3 nitrogen and oxygen atoms in total. The summed E-state index contributed by atoms with van der Waals surface area (Å²) in [6.45, 7) is 12.7. The average Bonchev–Trinajstić information content (AvgIpc) is 2.28. The molecule has 0 atom stereocenters. The minimum absolute atomic E-state index is 0.136. The number of benzene rings is 1. The SMILES string of the molecule is Cc1cc(OC(C)(C)C)ccc1N1CCNCC1. The molecule has 100 valence electrons. The third-order valence-electron chi connectivity index (χ3n) is 3.05. The van der Waals surface area contributed by atoms with Crippen LogP contribution in [0, 0.1) is 6.92 Å². The molecule has 1 fully saturated rings. The van der Waals surface area contributed by atoms with E-state index < -0.39 is 0 Å². The number of hydrogen-bond donors (Lipinski definition) is 1. The Morgan fingerprint density at radius 3 is 2.39 bits per heavy atom. The normalized spacial score (nSPS) is 16.8. The first-order valence-electron chi connectivity index (χ1n) is 6.71. The summed E-state index contributed by atoms with van der Waals surface area (Å²) in [7, 11) is 0. The Labute approximate surface area is 110 Å². The summed E-state index contributed by atoms with van der Waals surface area (Å²) in [6, 6.07) is 6.40. The molecular weight excluding hydrogens is 224 g/mol. The highest BCUT2D eigenvalue weighted by atomic mass is 16.5. The second-order valence-corrected chi connectivity index (χ2v) is 5.90. The van der Waals surface area contributed by atoms with Gasteiger partial charge in [0.1, 0.15) is 11.4 Å². The molecule has 0 saturated carbocycles. The van der Waals surface area contributed by atoms with E-state index in [4.69, 9.17) is 4.74 Å². The predicted molar refractivity (Wildman–Crippen MR) is 76.6 cm³/mol. The summed E-state index contributed by atoms with van der Waals surface area (Å²) in [6.07, 6.45) is 0. The fourth-order valence-corrected chi connectivity index (χ4v) is 2.31. The average molecular weight is 248 g/mol. The van der Waals surface area contributed by atoms with Crippen LogP contribution in [-0.2, 0) is 0 Å².